The van der Waals surface area contributed by atoms with E-state index < -0.39 is 34.6 Å². The zero-order valence-corrected chi connectivity index (χ0v) is 21.8. The fourth-order valence-corrected chi connectivity index (χ4v) is 5.79. The normalized spacial score (nSPS) is 22.4. The number of para-hydroxylation sites is 1. The molecule has 4 aliphatic rings. The third kappa shape index (κ3) is 3.00. The summed E-state index contributed by atoms with van der Waals surface area (Å²) in [5.41, 5.74) is 11.9. The van der Waals surface area contributed by atoms with Gasteiger partial charge in [0.2, 0.25) is 0 Å². The fraction of sp³-hybridized carbons (Fsp3) is 0.241. The second-order valence-corrected chi connectivity index (χ2v) is 10.0. The molecule has 6 bridgehead atoms. The highest BCUT2D eigenvalue weighted by Gasteiger charge is 2.67. The first-order valence-corrected chi connectivity index (χ1v) is 12.7. The number of carbonyl (C=O) groups excluding carboxylic acids is 3. The number of nitrogens with two attached hydrogens (primary N) is 1. The maximum atomic E-state index is 14.6. The summed E-state index contributed by atoms with van der Waals surface area (Å²) in [6.07, 6.45) is -0.559. The van der Waals surface area contributed by atoms with Gasteiger partial charge in [0, 0.05) is 11.6 Å². The zero-order valence-electron chi connectivity index (χ0n) is 21.8. The van der Waals surface area contributed by atoms with Crippen LogP contribution in [0.1, 0.15) is 36.1 Å². The van der Waals surface area contributed by atoms with Crippen LogP contribution in [0.5, 0.6) is 0 Å². The van der Waals surface area contributed by atoms with E-state index in [1.165, 1.54) is 10.1 Å². The highest BCUT2D eigenvalue weighted by Crippen LogP contribution is 2.49. The maximum absolute atomic E-state index is 14.6. The summed E-state index contributed by atoms with van der Waals surface area (Å²) >= 11 is 0. The Labute approximate surface area is 220 Å². The maximum Gasteiger partial charge on any atom is 0.391 e. The van der Waals surface area contributed by atoms with Gasteiger partial charge in [-0.2, -0.15) is 0 Å². The standard InChI is InChI=1S/C29H29N6O3/c1-5-19-14-9-11-17(2)25(19)32-21-15-10-16-22-23(21)24(20-12-7-6-8-13-20)31-26-28(37)35(22,4)34(27(36)18(3)30)33(26)29(32)38/h6-16,18,26H,5,30H2,1-4H3/q+1/t18-,26?,35+/m0/s1. The van der Waals surface area contributed by atoms with Crippen LogP contribution in [0.3, 0.4) is 0 Å². The van der Waals surface area contributed by atoms with E-state index in [0.29, 0.717) is 29.1 Å². The lowest BCUT2D eigenvalue weighted by atomic mass is 9.95. The summed E-state index contributed by atoms with van der Waals surface area (Å²) < 4.78 is -0.554. The monoisotopic (exact) mass is 509 g/mol. The molecular weight excluding hydrogens is 480 g/mol. The van der Waals surface area contributed by atoms with Gasteiger partial charge in [-0.15, -0.1) is 9.60 Å². The Hall–Kier alpha value is -4.34. The first-order chi connectivity index (χ1) is 18.2. The topological polar surface area (TPSA) is 99.3 Å². The van der Waals surface area contributed by atoms with Gasteiger partial charge >= 0.3 is 17.8 Å². The second kappa shape index (κ2) is 8.34. The molecule has 38 heavy (non-hydrogen) atoms. The number of urea groups is 1. The Morgan fingerprint density at radius 2 is 1.76 bits per heavy atom. The van der Waals surface area contributed by atoms with Crippen molar-refractivity contribution in [1.29, 1.82) is 0 Å². The quantitative estimate of drug-likeness (QED) is 0.541. The Kier molecular flexibility index (Phi) is 5.27. The molecule has 2 N–H and O–H groups in total. The molecule has 9 nitrogen and oxygen atoms in total. The second-order valence-electron chi connectivity index (χ2n) is 10.0. The third-order valence-electron chi connectivity index (χ3n) is 7.63. The number of hydrogen-bond donors (Lipinski definition) is 1. The number of nitrogens with zero attached hydrogens (tertiary/aromatic N) is 5. The molecule has 192 valence electrons. The summed E-state index contributed by atoms with van der Waals surface area (Å²) in [6.45, 7) is 5.55. The number of carbonyl (C=O) groups is 3. The summed E-state index contributed by atoms with van der Waals surface area (Å²) in [4.78, 5) is 49.0. The Morgan fingerprint density at radius 1 is 1.05 bits per heavy atom. The molecule has 0 saturated carbocycles. The average Bonchev–Trinajstić information content (AvgIpc) is 3.08. The molecular formula is C29H29N6O3+. The number of fused-ring (bicyclic) bond motifs is 1. The van der Waals surface area contributed by atoms with Gasteiger partial charge in [0.15, 0.2) is 5.69 Å². The van der Waals surface area contributed by atoms with Crippen molar-refractivity contribution in [3.63, 3.8) is 0 Å². The summed E-state index contributed by atoms with van der Waals surface area (Å²) in [5.74, 6) is -0.951. The van der Waals surface area contributed by atoms with Gasteiger partial charge in [-0.25, -0.2) is 14.6 Å². The molecule has 1 saturated heterocycles. The van der Waals surface area contributed by atoms with E-state index in [9.17, 15) is 14.4 Å². The molecule has 1 unspecified atom stereocenters. The van der Waals surface area contributed by atoms with Crippen molar-refractivity contribution in [2.24, 2.45) is 10.7 Å². The Bertz CT molecular complexity index is 1550. The number of likely N-dealkylation sites (N-methyl/N-ethyl adjacent to an activating group) is 1. The van der Waals surface area contributed by atoms with Gasteiger partial charge in [0.25, 0.3) is 6.17 Å². The van der Waals surface area contributed by atoms with E-state index in [1.54, 1.807) is 18.9 Å². The minimum atomic E-state index is -1.25. The van der Waals surface area contributed by atoms with Crippen LogP contribution in [0.2, 0.25) is 0 Å². The van der Waals surface area contributed by atoms with Crippen molar-refractivity contribution in [2.45, 2.75) is 39.4 Å². The number of aryl methyl sites for hydroxylation is 2. The van der Waals surface area contributed by atoms with Crippen LogP contribution in [0.15, 0.2) is 71.7 Å². The number of quaternary nitrogens is 1. The lowest BCUT2D eigenvalue weighted by Crippen LogP contribution is -2.67. The highest BCUT2D eigenvalue weighted by molar-refractivity contribution is 6.26. The van der Waals surface area contributed by atoms with Crippen LogP contribution in [0.25, 0.3) is 0 Å². The predicted octanol–water partition coefficient (Wildman–Crippen LogP) is 3.79. The fourth-order valence-electron chi connectivity index (χ4n) is 5.79. The summed E-state index contributed by atoms with van der Waals surface area (Å²) in [5, 5.41) is 2.40. The minimum Gasteiger partial charge on any atom is -0.320 e. The Morgan fingerprint density at radius 3 is 2.45 bits per heavy atom. The van der Waals surface area contributed by atoms with Crippen LogP contribution in [-0.2, 0) is 16.0 Å². The van der Waals surface area contributed by atoms with E-state index in [0.717, 1.165) is 22.4 Å². The molecule has 9 heteroatoms. The van der Waals surface area contributed by atoms with Gasteiger partial charge in [-0.3, -0.25) is 9.69 Å². The SMILES string of the molecule is CCc1cccc(C)c1N1C(=O)N2C3N=C(c4ccccc4)c4c1cccc4[N@+](C)(C3=O)N2C(=O)[C@H](C)N. The molecule has 1 fully saturated rings. The molecule has 4 amide bonds. The molecule has 3 atom stereocenters. The van der Waals surface area contributed by atoms with E-state index in [1.807, 2.05) is 80.6 Å². The van der Waals surface area contributed by atoms with E-state index >= 15 is 0 Å². The molecule has 0 spiro atoms. The van der Waals surface area contributed by atoms with Crippen molar-refractivity contribution < 1.29 is 14.4 Å². The first kappa shape index (κ1) is 24.0. The van der Waals surface area contributed by atoms with Crippen molar-refractivity contribution in [2.75, 3.05) is 11.9 Å². The van der Waals surface area contributed by atoms with Gasteiger partial charge in [-0.05, 0) is 37.5 Å². The number of aliphatic imine (C=N–C) groups is 1. The molecule has 4 heterocycles. The zero-order chi connectivity index (χ0) is 26.9. The molecule has 0 radical (unpaired) electrons. The molecule has 7 rings (SSSR count). The molecule has 4 aliphatic heterocycles. The lowest BCUT2D eigenvalue weighted by molar-refractivity contribution is -0.166. The average molecular weight is 510 g/mol. The van der Waals surface area contributed by atoms with Crippen LogP contribution in [0, 0.1) is 6.92 Å². The van der Waals surface area contributed by atoms with Crippen LogP contribution < -0.4 is 15.2 Å². The third-order valence-corrected chi connectivity index (χ3v) is 7.63. The smallest absolute Gasteiger partial charge is 0.320 e. The van der Waals surface area contributed by atoms with Gasteiger partial charge in [-0.1, -0.05) is 66.6 Å². The minimum absolute atomic E-state index is 0.404. The van der Waals surface area contributed by atoms with Crippen molar-refractivity contribution in [3.05, 3.63) is 89.0 Å². The van der Waals surface area contributed by atoms with Gasteiger partial charge < -0.3 is 5.73 Å². The number of amides is 4. The number of rotatable bonds is 4. The summed E-state index contributed by atoms with van der Waals surface area (Å²) in [7, 11) is 1.63. The van der Waals surface area contributed by atoms with Gasteiger partial charge in [0.1, 0.15) is 7.05 Å². The Balaban J connectivity index is 1.78. The molecule has 3 aromatic carbocycles. The number of anilines is 2. The summed E-state index contributed by atoms with van der Waals surface area (Å²) in [6, 6.07) is 19.6. The largest absolute Gasteiger partial charge is 0.391 e. The predicted molar refractivity (Wildman–Crippen MR) is 145 cm³/mol. The number of benzene rings is 3. The van der Waals surface area contributed by atoms with E-state index in [4.69, 9.17) is 10.7 Å². The van der Waals surface area contributed by atoms with Crippen LogP contribution >= 0.6 is 0 Å². The van der Waals surface area contributed by atoms with Crippen LogP contribution in [0.4, 0.5) is 21.9 Å². The van der Waals surface area contributed by atoms with E-state index in [-0.39, 0.29) is 0 Å². The lowest BCUT2D eigenvalue weighted by Gasteiger charge is -2.43. The van der Waals surface area contributed by atoms with Crippen LogP contribution in [-0.4, -0.2) is 52.9 Å². The molecule has 0 aromatic heterocycles. The van der Waals surface area contributed by atoms with Crippen molar-refractivity contribution in [3.8, 4) is 0 Å². The first-order valence-electron chi connectivity index (χ1n) is 12.7. The van der Waals surface area contributed by atoms with Crippen molar-refractivity contribution in [1.82, 2.24) is 14.7 Å². The van der Waals surface area contributed by atoms with Gasteiger partial charge in [0.05, 0.1) is 28.7 Å². The number of hydrogen-bond acceptors (Lipinski definition) is 5. The number of hydrazine groups is 1. The molecule has 3 aromatic rings. The highest BCUT2D eigenvalue weighted by atomic mass is 16.3. The van der Waals surface area contributed by atoms with Crippen molar-refractivity contribution >= 4 is 40.6 Å². The molecule has 0 aliphatic carbocycles. The van der Waals surface area contributed by atoms with E-state index in [2.05, 4.69) is 0 Å².